The number of carbonyl (C=O) groups is 2. The molecule has 2 amide bonds. The topological polar surface area (TPSA) is 40.6 Å². The van der Waals surface area contributed by atoms with E-state index in [2.05, 4.69) is 13.8 Å². The molecule has 2 aromatic rings. The lowest BCUT2D eigenvalue weighted by Gasteiger charge is -2.50. The van der Waals surface area contributed by atoms with Gasteiger partial charge in [-0.3, -0.25) is 14.6 Å². The summed E-state index contributed by atoms with van der Waals surface area (Å²) in [5, 5.41) is 3.29. The number of hydrazine groups is 1. The van der Waals surface area contributed by atoms with Crippen molar-refractivity contribution in [1.29, 1.82) is 0 Å². The summed E-state index contributed by atoms with van der Waals surface area (Å²) in [7, 11) is 0. The lowest BCUT2D eigenvalue weighted by atomic mass is 9.62. The minimum Gasteiger partial charge on any atom is -0.272 e. The summed E-state index contributed by atoms with van der Waals surface area (Å²) in [5.41, 5.74) is 1.08. The Labute approximate surface area is 160 Å². The van der Waals surface area contributed by atoms with Gasteiger partial charge in [-0.05, 0) is 36.0 Å². The molecule has 140 valence electrons. The summed E-state index contributed by atoms with van der Waals surface area (Å²) >= 11 is 0. The molecular formula is C23H26N2O2. The second kappa shape index (κ2) is 6.22. The Hall–Kier alpha value is -2.62. The van der Waals surface area contributed by atoms with Crippen molar-refractivity contribution in [3.63, 3.8) is 0 Å². The highest BCUT2D eigenvalue weighted by Crippen LogP contribution is 2.60. The number of rotatable bonds is 4. The van der Waals surface area contributed by atoms with Gasteiger partial charge in [-0.1, -0.05) is 69.3 Å². The van der Waals surface area contributed by atoms with Gasteiger partial charge in [0.15, 0.2) is 0 Å². The molecule has 2 fully saturated rings. The van der Waals surface area contributed by atoms with Crippen LogP contribution in [0.3, 0.4) is 0 Å². The normalized spacial score (nSPS) is 26.3. The van der Waals surface area contributed by atoms with Crippen LogP contribution in [-0.2, 0) is 16.1 Å². The van der Waals surface area contributed by atoms with Gasteiger partial charge in [0.1, 0.15) is 0 Å². The number of amides is 2. The first kappa shape index (κ1) is 17.8. The van der Waals surface area contributed by atoms with E-state index < -0.39 is 5.41 Å². The van der Waals surface area contributed by atoms with Crippen LogP contribution >= 0.6 is 0 Å². The molecule has 2 unspecified atom stereocenters. The number of imide groups is 1. The summed E-state index contributed by atoms with van der Waals surface area (Å²) in [6, 6.07) is 19.7. The van der Waals surface area contributed by atoms with Crippen molar-refractivity contribution in [2.75, 3.05) is 5.01 Å². The Bertz CT molecular complexity index is 862. The van der Waals surface area contributed by atoms with Crippen molar-refractivity contribution < 1.29 is 9.59 Å². The van der Waals surface area contributed by atoms with Crippen LogP contribution in [0.1, 0.15) is 39.2 Å². The van der Waals surface area contributed by atoms with Gasteiger partial charge in [0.05, 0.1) is 17.6 Å². The number of nitrogens with zero attached hydrogens (tertiary/aromatic N) is 2. The molecule has 1 aliphatic heterocycles. The number of benzene rings is 2. The number of hydrogen-bond donors (Lipinski definition) is 0. The molecule has 2 bridgehead atoms. The highest BCUT2D eigenvalue weighted by Gasteiger charge is 2.65. The van der Waals surface area contributed by atoms with Gasteiger partial charge in [0, 0.05) is 5.92 Å². The number of hydrogen-bond acceptors (Lipinski definition) is 3. The fraction of sp³-hybridized carbons (Fsp3) is 0.391. The third-order valence-electron chi connectivity index (χ3n) is 6.87. The molecule has 4 rings (SSSR count). The molecule has 4 heteroatoms. The second-order valence-corrected chi connectivity index (χ2v) is 8.48. The average molecular weight is 362 g/mol. The van der Waals surface area contributed by atoms with Crippen molar-refractivity contribution in [1.82, 2.24) is 5.01 Å². The van der Waals surface area contributed by atoms with Crippen molar-refractivity contribution >= 4 is 17.5 Å². The van der Waals surface area contributed by atoms with Crippen molar-refractivity contribution in [2.45, 2.75) is 40.2 Å². The van der Waals surface area contributed by atoms with Crippen molar-refractivity contribution in [3.8, 4) is 0 Å². The third-order valence-corrected chi connectivity index (χ3v) is 6.87. The largest absolute Gasteiger partial charge is 0.272 e. The number of carbonyl (C=O) groups excluding carboxylic acids is 2. The van der Waals surface area contributed by atoms with Gasteiger partial charge in [0.25, 0.3) is 11.8 Å². The minimum absolute atomic E-state index is 0.0697. The van der Waals surface area contributed by atoms with Crippen LogP contribution in [-0.4, -0.2) is 16.8 Å². The summed E-state index contributed by atoms with van der Waals surface area (Å²) in [4.78, 5) is 27.0. The zero-order valence-corrected chi connectivity index (χ0v) is 16.2. The third kappa shape index (κ3) is 2.58. The lowest BCUT2D eigenvalue weighted by Crippen LogP contribution is -2.64. The Morgan fingerprint density at radius 1 is 0.963 bits per heavy atom. The molecule has 0 N–H and O–H groups in total. The van der Waals surface area contributed by atoms with E-state index in [4.69, 9.17) is 0 Å². The van der Waals surface area contributed by atoms with Crippen LogP contribution in [0.2, 0.25) is 0 Å². The first-order valence-electron chi connectivity index (χ1n) is 9.61. The molecular weight excluding hydrogens is 336 g/mol. The number of para-hydroxylation sites is 1. The summed E-state index contributed by atoms with van der Waals surface area (Å²) in [5.74, 6) is -0.270. The van der Waals surface area contributed by atoms with Gasteiger partial charge in [0.2, 0.25) is 0 Å². The highest BCUT2D eigenvalue weighted by molar-refractivity contribution is 6.05. The van der Waals surface area contributed by atoms with Gasteiger partial charge in [-0.2, -0.15) is 5.01 Å². The average Bonchev–Trinajstić information content (AvgIpc) is 2.86. The quantitative estimate of drug-likeness (QED) is 0.756. The fourth-order valence-electron chi connectivity index (χ4n) is 4.66. The summed E-state index contributed by atoms with van der Waals surface area (Å²) in [6.45, 7) is 6.65. The number of fused-ring (bicyclic) bond motifs is 2. The van der Waals surface area contributed by atoms with Gasteiger partial charge < -0.3 is 0 Å². The molecule has 1 heterocycles. The Morgan fingerprint density at radius 2 is 1.56 bits per heavy atom. The molecule has 2 aliphatic rings. The van der Waals surface area contributed by atoms with E-state index in [1.54, 1.807) is 0 Å². The van der Waals surface area contributed by atoms with Crippen LogP contribution in [0.5, 0.6) is 0 Å². The van der Waals surface area contributed by atoms with E-state index in [0.717, 1.165) is 24.1 Å². The molecule has 2 aromatic carbocycles. The molecule has 0 radical (unpaired) electrons. The molecule has 1 saturated carbocycles. The Morgan fingerprint density at radius 3 is 2.19 bits per heavy atom. The van der Waals surface area contributed by atoms with Crippen LogP contribution in [0, 0.1) is 16.7 Å². The van der Waals surface area contributed by atoms with Crippen molar-refractivity contribution in [3.05, 3.63) is 66.2 Å². The van der Waals surface area contributed by atoms with Gasteiger partial charge in [-0.25, -0.2) is 0 Å². The smallest absolute Gasteiger partial charge is 0.254 e. The standard InChI is InChI=1S/C23H26N2O2/c1-22(2)19-14-15-23(22,3)21(27)25(20(19)26)24(18-12-8-5-9-13-18)16-17-10-6-4-7-11-17/h4-13,19H,14-16H2,1-3H3. The van der Waals surface area contributed by atoms with Crippen LogP contribution in [0.4, 0.5) is 5.69 Å². The predicted octanol–water partition coefficient (Wildman–Crippen LogP) is 4.42. The molecule has 0 spiro atoms. The zero-order chi connectivity index (χ0) is 19.2. The predicted molar refractivity (Wildman–Crippen MR) is 106 cm³/mol. The first-order valence-corrected chi connectivity index (χ1v) is 9.61. The highest BCUT2D eigenvalue weighted by atomic mass is 16.2. The zero-order valence-electron chi connectivity index (χ0n) is 16.2. The molecule has 1 aliphatic carbocycles. The molecule has 4 nitrogen and oxygen atoms in total. The maximum atomic E-state index is 13.6. The van der Waals surface area contributed by atoms with E-state index in [9.17, 15) is 9.59 Å². The molecule has 27 heavy (non-hydrogen) atoms. The van der Waals surface area contributed by atoms with Crippen LogP contribution < -0.4 is 5.01 Å². The molecule has 2 atom stereocenters. The van der Waals surface area contributed by atoms with E-state index in [-0.39, 0.29) is 23.1 Å². The Kier molecular flexibility index (Phi) is 4.10. The van der Waals surface area contributed by atoms with E-state index in [0.29, 0.717) is 6.54 Å². The second-order valence-electron chi connectivity index (χ2n) is 8.48. The monoisotopic (exact) mass is 362 g/mol. The fourth-order valence-corrected chi connectivity index (χ4v) is 4.66. The van der Waals surface area contributed by atoms with Crippen LogP contribution in [0.15, 0.2) is 60.7 Å². The van der Waals surface area contributed by atoms with E-state index >= 15 is 0 Å². The van der Waals surface area contributed by atoms with Crippen LogP contribution in [0.25, 0.3) is 0 Å². The Balaban J connectivity index is 1.78. The maximum absolute atomic E-state index is 13.6. The molecule has 0 aromatic heterocycles. The number of piperidine rings is 1. The molecule has 1 saturated heterocycles. The lowest BCUT2D eigenvalue weighted by molar-refractivity contribution is -0.168. The first-order chi connectivity index (χ1) is 12.9. The summed E-state index contributed by atoms with van der Waals surface area (Å²) in [6.07, 6.45) is 1.54. The van der Waals surface area contributed by atoms with E-state index in [1.165, 1.54) is 5.01 Å². The van der Waals surface area contributed by atoms with Crippen molar-refractivity contribution in [2.24, 2.45) is 16.7 Å². The SMILES string of the molecule is CC12CCC(C(=O)N(N(Cc3ccccc3)c3ccccc3)C1=O)C2(C)C. The van der Waals surface area contributed by atoms with Gasteiger partial charge in [-0.15, -0.1) is 0 Å². The maximum Gasteiger partial charge on any atom is 0.254 e. The number of anilines is 1. The van der Waals surface area contributed by atoms with Gasteiger partial charge >= 0.3 is 0 Å². The van der Waals surface area contributed by atoms with E-state index in [1.807, 2.05) is 72.6 Å². The minimum atomic E-state index is -0.519. The summed E-state index contributed by atoms with van der Waals surface area (Å²) < 4.78 is 0.